The third kappa shape index (κ3) is 4.92. The first-order valence-corrected chi connectivity index (χ1v) is 6.78. The molecule has 24 heavy (non-hydrogen) atoms. The number of hydrogen-bond donors (Lipinski definition) is 2. The molecule has 0 aliphatic carbocycles. The maximum atomic E-state index is 12.4. The number of nitrogens with one attached hydrogen (secondary N) is 1. The number of carbonyl (C=O) groups is 2. The molecule has 1 fully saturated rings. The van der Waals surface area contributed by atoms with Gasteiger partial charge in [0.15, 0.2) is 0 Å². The largest absolute Gasteiger partial charge is 0.497 e. The maximum Gasteiger partial charge on any atom is 0.406 e. The average molecular weight is 368 g/mol. The Morgan fingerprint density at radius 3 is 2.71 bits per heavy atom. The van der Waals surface area contributed by atoms with E-state index in [-0.39, 0.29) is 36.7 Å². The Kier molecular flexibility index (Phi) is 6.30. The molecule has 6 nitrogen and oxygen atoms in total. The molecule has 1 unspecified atom stereocenters. The third-order valence-electron chi connectivity index (χ3n) is 3.47. The van der Waals surface area contributed by atoms with Crippen LogP contribution in [-0.2, 0) is 9.59 Å². The first-order valence-electron chi connectivity index (χ1n) is 6.78. The van der Waals surface area contributed by atoms with Gasteiger partial charge >= 0.3 is 6.18 Å². The fourth-order valence-electron chi connectivity index (χ4n) is 2.32. The Morgan fingerprint density at radius 2 is 2.12 bits per heavy atom. The molecule has 1 aromatic carbocycles. The molecule has 0 aromatic heterocycles. The summed E-state index contributed by atoms with van der Waals surface area (Å²) in [6.45, 7) is -1.62. The number of ether oxygens (including phenoxy) is 1. The van der Waals surface area contributed by atoms with Crippen molar-refractivity contribution in [2.45, 2.75) is 12.6 Å². The summed E-state index contributed by atoms with van der Waals surface area (Å²) < 4.78 is 42.1. The van der Waals surface area contributed by atoms with Gasteiger partial charge in [-0.2, -0.15) is 13.2 Å². The van der Waals surface area contributed by atoms with Gasteiger partial charge in [0.1, 0.15) is 12.3 Å². The second-order valence-corrected chi connectivity index (χ2v) is 5.23. The molecule has 2 amide bonds. The van der Waals surface area contributed by atoms with Crippen molar-refractivity contribution in [2.24, 2.45) is 5.92 Å². The number of hydrogen-bond acceptors (Lipinski definition) is 4. The van der Waals surface area contributed by atoms with E-state index in [1.54, 1.807) is 6.07 Å². The normalized spacial score (nSPS) is 17.4. The van der Waals surface area contributed by atoms with Crippen LogP contribution in [0.1, 0.15) is 6.42 Å². The van der Waals surface area contributed by atoms with E-state index in [0.29, 0.717) is 10.6 Å². The summed E-state index contributed by atoms with van der Waals surface area (Å²) in [6, 6.07) is 4.64. The summed E-state index contributed by atoms with van der Waals surface area (Å²) in [4.78, 5) is 24.4. The van der Waals surface area contributed by atoms with E-state index in [2.05, 4.69) is 5.32 Å². The van der Waals surface area contributed by atoms with E-state index in [1.807, 2.05) is 0 Å². The lowest BCUT2D eigenvalue weighted by Crippen LogP contribution is -2.36. The van der Waals surface area contributed by atoms with Crippen molar-refractivity contribution in [3.63, 3.8) is 0 Å². The summed E-state index contributed by atoms with van der Waals surface area (Å²) in [7, 11) is 1.45. The van der Waals surface area contributed by atoms with E-state index in [1.165, 1.54) is 19.2 Å². The lowest BCUT2D eigenvalue weighted by Gasteiger charge is -2.18. The zero-order chi connectivity index (χ0) is 17.2. The van der Waals surface area contributed by atoms with Crippen LogP contribution in [-0.4, -0.2) is 43.1 Å². The second kappa shape index (κ2) is 7.61. The third-order valence-corrected chi connectivity index (χ3v) is 3.47. The van der Waals surface area contributed by atoms with Gasteiger partial charge in [-0.15, -0.1) is 12.4 Å². The maximum absolute atomic E-state index is 12.4. The molecule has 1 atom stereocenters. The smallest absolute Gasteiger partial charge is 0.406 e. The predicted octanol–water partition coefficient (Wildman–Crippen LogP) is 2.05. The number of nitrogens with zero attached hydrogens (tertiary/aromatic N) is 1. The summed E-state index contributed by atoms with van der Waals surface area (Å²) in [5.74, 6) is -1.63. The van der Waals surface area contributed by atoms with Crippen LogP contribution in [0.25, 0.3) is 0 Å². The number of alkyl halides is 3. The Morgan fingerprint density at radius 1 is 1.46 bits per heavy atom. The minimum absolute atomic E-state index is 0. The van der Waals surface area contributed by atoms with E-state index < -0.39 is 30.5 Å². The molecule has 0 radical (unpaired) electrons. The lowest BCUT2D eigenvalue weighted by atomic mass is 10.1. The Balaban J connectivity index is 0.00000288. The molecular formula is C14H17ClF3N3O3. The van der Waals surface area contributed by atoms with E-state index in [0.717, 1.165) is 0 Å². The number of amides is 2. The Hall–Kier alpha value is -2.16. The molecule has 1 aliphatic heterocycles. The van der Waals surface area contributed by atoms with Gasteiger partial charge in [-0.3, -0.25) is 9.59 Å². The van der Waals surface area contributed by atoms with Gasteiger partial charge in [0.05, 0.1) is 24.4 Å². The Labute approximate surface area is 142 Å². The molecule has 1 heterocycles. The first kappa shape index (κ1) is 19.9. The summed E-state index contributed by atoms with van der Waals surface area (Å²) in [5.41, 5.74) is 6.31. The van der Waals surface area contributed by atoms with Crippen molar-refractivity contribution in [1.82, 2.24) is 4.90 Å². The van der Waals surface area contributed by atoms with Gasteiger partial charge in [0.2, 0.25) is 11.8 Å². The fraction of sp³-hybridized carbons (Fsp3) is 0.429. The van der Waals surface area contributed by atoms with Gasteiger partial charge in [-0.25, -0.2) is 0 Å². The fourth-order valence-corrected chi connectivity index (χ4v) is 2.32. The minimum atomic E-state index is -4.49. The zero-order valence-electron chi connectivity index (χ0n) is 12.7. The molecule has 0 spiro atoms. The number of nitrogens with two attached hydrogens (primary N) is 1. The van der Waals surface area contributed by atoms with Gasteiger partial charge in [0, 0.05) is 19.0 Å². The average Bonchev–Trinajstić information content (AvgIpc) is 2.80. The van der Waals surface area contributed by atoms with Crippen molar-refractivity contribution in [3.8, 4) is 5.75 Å². The number of nitrogen functional groups attached to an aromatic ring is 1. The standard InChI is InChI=1S/C14H16F3N3O3.ClH/c1-23-9-2-3-10(18)11(5-9)19-13(22)8-4-12(21)20(6-8)7-14(15,16)17;/h2-3,5,8H,4,6-7,18H2,1H3,(H,19,22);1H. The van der Waals surface area contributed by atoms with Crippen LogP contribution in [0.4, 0.5) is 24.5 Å². The van der Waals surface area contributed by atoms with Gasteiger partial charge in [0.25, 0.3) is 0 Å². The highest BCUT2D eigenvalue weighted by molar-refractivity contribution is 5.99. The summed E-state index contributed by atoms with van der Waals surface area (Å²) in [5, 5.41) is 2.53. The number of methoxy groups -OCH3 is 1. The van der Waals surface area contributed by atoms with Crippen LogP contribution in [0.2, 0.25) is 0 Å². The predicted molar refractivity (Wildman–Crippen MR) is 84.0 cm³/mol. The van der Waals surface area contributed by atoms with Crippen LogP contribution in [0.3, 0.4) is 0 Å². The topological polar surface area (TPSA) is 84.7 Å². The van der Waals surface area contributed by atoms with E-state index in [9.17, 15) is 22.8 Å². The quantitative estimate of drug-likeness (QED) is 0.798. The van der Waals surface area contributed by atoms with Gasteiger partial charge < -0.3 is 20.7 Å². The van der Waals surface area contributed by atoms with Crippen molar-refractivity contribution < 1.29 is 27.5 Å². The van der Waals surface area contributed by atoms with Crippen LogP contribution in [0.15, 0.2) is 18.2 Å². The summed E-state index contributed by atoms with van der Waals surface area (Å²) >= 11 is 0. The zero-order valence-corrected chi connectivity index (χ0v) is 13.5. The molecular weight excluding hydrogens is 351 g/mol. The number of carbonyl (C=O) groups excluding carboxylic acids is 2. The molecule has 2 rings (SSSR count). The van der Waals surface area contributed by atoms with Crippen LogP contribution < -0.4 is 15.8 Å². The molecule has 1 aromatic rings. The number of likely N-dealkylation sites (tertiary alicyclic amines) is 1. The van der Waals surface area contributed by atoms with Crippen molar-refractivity contribution in [1.29, 1.82) is 0 Å². The minimum Gasteiger partial charge on any atom is -0.497 e. The molecule has 0 bridgehead atoms. The SMILES string of the molecule is COc1ccc(N)c(NC(=O)C2CC(=O)N(CC(F)(F)F)C2)c1.Cl. The molecule has 0 saturated carbocycles. The first-order chi connectivity index (χ1) is 10.7. The second-order valence-electron chi connectivity index (χ2n) is 5.23. The van der Waals surface area contributed by atoms with Crippen LogP contribution in [0.5, 0.6) is 5.75 Å². The highest BCUT2D eigenvalue weighted by Gasteiger charge is 2.40. The van der Waals surface area contributed by atoms with E-state index in [4.69, 9.17) is 10.5 Å². The van der Waals surface area contributed by atoms with Gasteiger partial charge in [-0.05, 0) is 12.1 Å². The monoisotopic (exact) mass is 367 g/mol. The highest BCUT2D eigenvalue weighted by atomic mass is 35.5. The Bertz CT molecular complexity index is 625. The van der Waals surface area contributed by atoms with E-state index >= 15 is 0 Å². The number of benzene rings is 1. The lowest BCUT2D eigenvalue weighted by molar-refractivity contribution is -0.157. The summed E-state index contributed by atoms with van der Waals surface area (Å²) in [6.07, 6.45) is -4.75. The molecule has 10 heteroatoms. The van der Waals surface area contributed by atoms with Crippen molar-refractivity contribution >= 4 is 35.6 Å². The molecule has 1 aliphatic rings. The van der Waals surface area contributed by atoms with Crippen molar-refractivity contribution in [2.75, 3.05) is 31.2 Å². The number of rotatable bonds is 4. The molecule has 3 N–H and O–H groups in total. The number of halogens is 4. The number of anilines is 2. The highest BCUT2D eigenvalue weighted by Crippen LogP contribution is 2.28. The molecule has 1 saturated heterocycles. The molecule has 134 valence electrons. The van der Waals surface area contributed by atoms with Crippen LogP contribution in [0, 0.1) is 5.92 Å². The van der Waals surface area contributed by atoms with Crippen molar-refractivity contribution in [3.05, 3.63) is 18.2 Å². The van der Waals surface area contributed by atoms with Gasteiger partial charge in [-0.1, -0.05) is 0 Å². The van der Waals surface area contributed by atoms with Crippen LogP contribution >= 0.6 is 12.4 Å².